The van der Waals surface area contributed by atoms with Gasteiger partial charge >= 0.3 is 0 Å². The molecule has 0 aliphatic heterocycles. The maximum Gasteiger partial charge on any atom is 0.191 e. The number of nitrogens with one attached hydrogen (secondary N) is 2. The van der Waals surface area contributed by atoms with Gasteiger partial charge in [-0.05, 0) is 37.5 Å². The van der Waals surface area contributed by atoms with Crippen molar-refractivity contribution in [1.29, 1.82) is 0 Å². The summed E-state index contributed by atoms with van der Waals surface area (Å²) in [5, 5.41) is 6.88. The monoisotopic (exact) mass is 253 g/mol. The Balaban J connectivity index is 2.15. The molecule has 18 heavy (non-hydrogen) atoms. The lowest BCUT2D eigenvalue weighted by atomic mass is 9.89. The quantitative estimate of drug-likeness (QED) is 0.563. The third-order valence-electron chi connectivity index (χ3n) is 3.48. The van der Waals surface area contributed by atoms with Gasteiger partial charge in [0, 0.05) is 19.6 Å². The molecule has 0 aromatic carbocycles. The second-order valence-corrected chi connectivity index (χ2v) is 6.88. The minimum atomic E-state index is 0.416. The molecule has 1 fully saturated rings. The minimum absolute atomic E-state index is 0.416. The zero-order valence-corrected chi connectivity index (χ0v) is 12.8. The summed E-state index contributed by atoms with van der Waals surface area (Å²) in [6.45, 7) is 10.2. The van der Waals surface area contributed by atoms with Crippen molar-refractivity contribution in [2.24, 2.45) is 16.3 Å². The van der Waals surface area contributed by atoms with Crippen molar-refractivity contribution < 1.29 is 0 Å². The van der Waals surface area contributed by atoms with Crippen LogP contribution in [-0.2, 0) is 0 Å². The van der Waals surface area contributed by atoms with E-state index < -0.39 is 0 Å². The molecule has 0 aromatic rings. The SMILES string of the molecule is CN=C(NCCC1CC1)NC(C)CCC(C)(C)C. The third-order valence-corrected chi connectivity index (χ3v) is 3.48. The van der Waals surface area contributed by atoms with Gasteiger partial charge in [0.2, 0.25) is 0 Å². The Morgan fingerprint density at radius 1 is 1.33 bits per heavy atom. The van der Waals surface area contributed by atoms with Crippen LogP contribution in [-0.4, -0.2) is 25.6 Å². The first-order valence-electron chi connectivity index (χ1n) is 7.38. The number of aliphatic imine (C=N–C) groups is 1. The summed E-state index contributed by atoms with van der Waals surface area (Å²) in [6, 6.07) is 0.483. The van der Waals surface area contributed by atoms with Crippen molar-refractivity contribution in [3.63, 3.8) is 0 Å². The second kappa shape index (κ2) is 7.01. The zero-order chi connectivity index (χ0) is 13.6. The Hall–Kier alpha value is -0.730. The molecule has 3 heteroatoms. The second-order valence-electron chi connectivity index (χ2n) is 6.88. The first-order chi connectivity index (χ1) is 8.40. The molecule has 1 aliphatic carbocycles. The molecule has 1 saturated carbocycles. The van der Waals surface area contributed by atoms with Gasteiger partial charge in [-0.2, -0.15) is 0 Å². The van der Waals surface area contributed by atoms with Crippen LogP contribution in [0.5, 0.6) is 0 Å². The summed E-state index contributed by atoms with van der Waals surface area (Å²) in [5.41, 5.74) is 0.416. The highest BCUT2D eigenvalue weighted by Crippen LogP contribution is 2.31. The van der Waals surface area contributed by atoms with Crippen LogP contribution in [0.25, 0.3) is 0 Å². The Labute approximate surface area is 113 Å². The van der Waals surface area contributed by atoms with E-state index in [2.05, 4.69) is 43.3 Å². The van der Waals surface area contributed by atoms with Crippen LogP contribution in [0.2, 0.25) is 0 Å². The van der Waals surface area contributed by atoms with Gasteiger partial charge in [-0.25, -0.2) is 0 Å². The van der Waals surface area contributed by atoms with Crippen LogP contribution in [0.4, 0.5) is 0 Å². The largest absolute Gasteiger partial charge is 0.356 e. The molecule has 0 amide bonds. The summed E-state index contributed by atoms with van der Waals surface area (Å²) in [4.78, 5) is 4.28. The van der Waals surface area contributed by atoms with Crippen LogP contribution in [0.1, 0.15) is 59.8 Å². The van der Waals surface area contributed by atoms with E-state index in [0.717, 1.165) is 18.4 Å². The van der Waals surface area contributed by atoms with Crippen molar-refractivity contribution in [2.45, 2.75) is 65.8 Å². The maximum absolute atomic E-state index is 4.28. The maximum atomic E-state index is 4.28. The predicted molar refractivity (Wildman–Crippen MR) is 80.0 cm³/mol. The number of hydrogen-bond acceptors (Lipinski definition) is 1. The first kappa shape index (κ1) is 15.3. The van der Waals surface area contributed by atoms with E-state index in [-0.39, 0.29) is 0 Å². The fraction of sp³-hybridized carbons (Fsp3) is 0.933. The molecule has 0 saturated heterocycles. The molecule has 0 aromatic heterocycles. The summed E-state index contributed by atoms with van der Waals surface area (Å²) in [5.74, 6) is 1.94. The zero-order valence-electron chi connectivity index (χ0n) is 12.8. The van der Waals surface area contributed by atoms with Crippen LogP contribution in [0.15, 0.2) is 4.99 Å². The average Bonchev–Trinajstić information content (AvgIpc) is 3.08. The molecule has 0 heterocycles. The molecule has 0 spiro atoms. The molecule has 0 radical (unpaired) electrons. The molecule has 106 valence electrons. The van der Waals surface area contributed by atoms with Gasteiger partial charge in [0.1, 0.15) is 0 Å². The Morgan fingerprint density at radius 3 is 2.50 bits per heavy atom. The van der Waals surface area contributed by atoms with Crippen LogP contribution < -0.4 is 10.6 Å². The van der Waals surface area contributed by atoms with Gasteiger partial charge < -0.3 is 10.6 Å². The molecule has 1 atom stereocenters. The summed E-state index contributed by atoms with van der Waals surface area (Å²) in [6.07, 6.45) is 6.57. The van der Waals surface area contributed by atoms with Gasteiger partial charge in [-0.15, -0.1) is 0 Å². The minimum Gasteiger partial charge on any atom is -0.356 e. The number of hydrogen-bond donors (Lipinski definition) is 2. The van der Waals surface area contributed by atoms with Crippen LogP contribution in [0, 0.1) is 11.3 Å². The van der Waals surface area contributed by atoms with Gasteiger partial charge in [-0.3, -0.25) is 4.99 Å². The molecule has 3 nitrogen and oxygen atoms in total. The summed E-state index contributed by atoms with van der Waals surface area (Å²) < 4.78 is 0. The topological polar surface area (TPSA) is 36.4 Å². The average molecular weight is 253 g/mol. The Kier molecular flexibility index (Phi) is 5.97. The molecule has 1 aliphatic rings. The van der Waals surface area contributed by atoms with Gasteiger partial charge in [0.25, 0.3) is 0 Å². The lowest BCUT2D eigenvalue weighted by molar-refractivity contribution is 0.346. The van der Waals surface area contributed by atoms with E-state index >= 15 is 0 Å². The van der Waals surface area contributed by atoms with E-state index in [0.29, 0.717) is 11.5 Å². The molecular weight excluding hydrogens is 222 g/mol. The Morgan fingerprint density at radius 2 is 2.00 bits per heavy atom. The van der Waals surface area contributed by atoms with Gasteiger partial charge in [0.15, 0.2) is 5.96 Å². The highest BCUT2D eigenvalue weighted by atomic mass is 15.2. The highest BCUT2D eigenvalue weighted by Gasteiger charge is 2.20. The lowest BCUT2D eigenvalue weighted by Crippen LogP contribution is -2.42. The molecule has 1 rings (SSSR count). The fourth-order valence-corrected chi connectivity index (χ4v) is 1.95. The van der Waals surface area contributed by atoms with E-state index in [4.69, 9.17) is 0 Å². The van der Waals surface area contributed by atoms with Crippen molar-refractivity contribution in [1.82, 2.24) is 10.6 Å². The summed E-state index contributed by atoms with van der Waals surface area (Å²) >= 11 is 0. The van der Waals surface area contributed by atoms with E-state index in [9.17, 15) is 0 Å². The summed E-state index contributed by atoms with van der Waals surface area (Å²) in [7, 11) is 1.85. The first-order valence-corrected chi connectivity index (χ1v) is 7.38. The van der Waals surface area contributed by atoms with Crippen molar-refractivity contribution in [2.75, 3.05) is 13.6 Å². The van der Waals surface area contributed by atoms with Crippen molar-refractivity contribution >= 4 is 5.96 Å². The van der Waals surface area contributed by atoms with Crippen molar-refractivity contribution in [3.05, 3.63) is 0 Å². The smallest absolute Gasteiger partial charge is 0.191 e. The van der Waals surface area contributed by atoms with E-state index in [1.54, 1.807) is 0 Å². The number of rotatable bonds is 6. The van der Waals surface area contributed by atoms with Crippen LogP contribution in [0.3, 0.4) is 0 Å². The third kappa shape index (κ3) is 7.57. The van der Waals surface area contributed by atoms with Crippen LogP contribution >= 0.6 is 0 Å². The molecule has 2 N–H and O–H groups in total. The number of nitrogens with zero attached hydrogens (tertiary/aromatic N) is 1. The normalized spacial score (nSPS) is 18.6. The van der Waals surface area contributed by atoms with Crippen molar-refractivity contribution in [3.8, 4) is 0 Å². The van der Waals surface area contributed by atoms with E-state index in [1.165, 1.54) is 32.1 Å². The van der Waals surface area contributed by atoms with Gasteiger partial charge in [-0.1, -0.05) is 33.6 Å². The number of guanidine groups is 1. The van der Waals surface area contributed by atoms with E-state index in [1.807, 2.05) is 7.05 Å². The molecule has 0 bridgehead atoms. The standard InChI is InChI=1S/C15H31N3/c1-12(8-10-15(2,3)4)18-14(16-5)17-11-9-13-6-7-13/h12-13H,6-11H2,1-5H3,(H2,16,17,18). The molecule has 1 unspecified atom stereocenters. The molecular formula is C15H31N3. The fourth-order valence-electron chi connectivity index (χ4n) is 1.95. The highest BCUT2D eigenvalue weighted by molar-refractivity contribution is 5.79. The van der Waals surface area contributed by atoms with Gasteiger partial charge in [0.05, 0.1) is 0 Å². The lowest BCUT2D eigenvalue weighted by Gasteiger charge is -2.23. The Bertz CT molecular complexity index is 261. The predicted octanol–water partition coefficient (Wildman–Crippen LogP) is 3.17.